The van der Waals surface area contributed by atoms with Crippen molar-refractivity contribution in [2.45, 2.75) is 51.4 Å². The molecule has 0 amide bonds. The van der Waals surface area contributed by atoms with Gasteiger partial charge in [-0.3, -0.25) is 0 Å². The fraction of sp³-hybridized carbons (Fsp3) is 0.833. The zero-order valence-corrected chi connectivity index (χ0v) is 10.1. The average molecular weight is 225 g/mol. The zero-order valence-electron chi connectivity index (χ0n) is 10.1. The van der Waals surface area contributed by atoms with Crippen LogP contribution >= 0.6 is 0 Å². The second-order valence-corrected chi connectivity index (χ2v) is 4.35. The molecule has 1 aliphatic rings. The molecule has 1 heterocycles. The molecule has 4 nitrogen and oxygen atoms in total. The lowest BCUT2D eigenvalue weighted by molar-refractivity contribution is -0.119. The highest BCUT2D eigenvalue weighted by molar-refractivity contribution is 5.75. The third-order valence-corrected chi connectivity index (χ3v) is 3.12. The van der Waals surface area contributed by atoms with E-state index in [1.165, 1.54) is 0 Å². The molecule has 0 N–H and O–H groups in total. The summed E-state index contributed by atoms with van der Waals surface area (Å²) in [6, 6.07) is 2.11. The number of hydrogen-bond donors (Lipinski definition) is 0. The van der Waals surface area contributed by atoms with Gasteiger partial charge in [-0.25, -0.2) is 0 Å². The van der Waals surface area contributed by atoms with Crippen molar-refractivity contribution in [2.75, 3.05) is 7.11 Å². The minimum atomic E-state index is -0.0627. The fourth-order valence-corrected chi connectivity index (χ4v) is 2.38. The van der Waals surface area contributed by atoms with Crippen molar-refractivity contribution in [3.05, 3.63) is 0 Å². The molecule has 0 spiro atoms. The quantitative estimate of drug-likeness (QED) is 0.714. The SMILES string of the molecule is CO[C@@H]1[C@@H](CC(C)=O)[C@H](C)O[C@@H]1CCC#N. The van der Waals surface area contributed by atoms with Gasteiger partial charge in [-0.1, -0.05) is 0 Å². The van der Waals surface area contributed by atoms with Crippen LogP contribution < -0.4 is 0 Å². The molecule has 1 rings (SSSR count). The highest BCUT2D eigenvalue weighted by atomic mass is 16.6. The molecule has 90 valence electrons. The Balaban J connectivity index is 2.64. The zero-order chi connectivity index (χ0) is 12.1. The van der Waals surface area contributed by atoms with Crippen LogP contribution in [0.5, 0.6) is 0 Å². The third kappa shape index (κ3) is 3.03. The molecule has 0 radical (unpaired) electrons. The van der Waals surface area contributed by atoms with E-state index >= 15 is 0 Å². The molecule has 1 aliphatic heterocycles. The first-order valence-electron chi connectivity index (χ1n) is 5.64. The minimum Gasteiger partial charge on any atom is -0.378 e. The predicted molar refractivity (Wildman–Crippen MR) is 58.8 cm³/mol. The van der Waals surface area contributed by atoms with E-state index in [9.17, 15) is 4.79 Å². The Hall–Kier alpha value is -0.920. The molecule has 1 fully saturated rings. The minimum absolute atomic E-state index is 0.0255. The van der Waals surface area contributed by atoms with Gasteiger partial charge in [-0.05, 0) is 20.3 Å². The number of carbonyl (C=O) groups excluding carboxylic acids is 1. The van der Waals surface area contributed by atoms with Crippen LogP contribution in [0, 0.1) is 17.2 Å². The third-order valence-electron chi connectivity index (χ3n) is 3.12. The van der Waals surface area contributed by atoms with Crippen molar-refractivity contribution in [1.82, 2.24) is 0 Å². The molecule has 0 bridgehead atoms. The number of ether oxygens (including phenoxy) is 2. The van der Waals surface area contributed by atoms with Crippen LogP contribution in [0.25, 0.3) is 0 Å². The van der Waals surface area contributed by atoms with Crippen LogP contribution in [0.3, 0.4) is 0 Å². The van der Waals surface area contributed by atoms with Crippen molar-refractivity contribution in [3.63, 3.8) is 0 Å². The lowest BCUT2D eigenvalue weighted by atomic mass is 9.90. The largest absolute Gasteiger partial charge is 0.378 e. The fourth-order valence-electron chi connectivity index (χ4n) is 2.38. The number of rotatable bonds is 5. The summed E-state index contributed by atoms with van der Waals surface area (Å²) in [6.07, 6.45) is 1.54. The molecule has 0 saturated carbocycles. The number of nitrogens with zero attached hydrogens (tertiary/aromatic N) is 1. The predicted octanol–water partition coefficient (Wildman–Crippen LogP) is 1.69. The van der Waals surface area contributed by atoms with Crippen molar-refractivity contribution >= 4 is 5.78 Å². The van der Waals surface area contributed by atoms with Gasteiger partial charge in [0, 0.05) is 25.9 Å². The first-order chi connectivity index (χ1) is 7.60. The maximum absolute atomic E-state index is 11.2. The first-order valence-corrected chi connectivity index (χ1v) is 5.64. The van der Waals surface area contributed by atoms with E-state index in [-0.39, 0.29) is 30.0 Å². The Morgan fingerprint density at radius 1 is 1.56 bits per heavy atom. The highest BCUT2D eigenvalue weighted by Gasteiger charge is 2.42. The second-order valence-electron chi connectivity index (χ2n) is 4.35. The molecule has 0 aromatic rings. The molecule has 0 aromatic carbocycles. The van der Waals surface area contributed by atoms with Crippen molar-refractivity contribution in [1.29, 1.82) is 5.26 Å². The lowest BCUT2D eigenvalue weighted by Gasteiger charge is -2.20. The Morgan fingerprint density at radius 2 is 2.25 bits per heavy atom. The summed E-state index contributed by atoms with van der Waals surface area (Å²) in [6.45, 7) is 3.55. The second kappa shape index (κ2) is 5.97. The van der Waals surface area contributed by atoms with Crippen molar-refractivity contribution in [3.8, 4) is 6.07 Å². The van der Waals surface area contributed by atoms with E-state index in [1.807, 2.05) is 6.92 Å². The average Bonchev–Trinajstić information content (AvgIpc) is 2.51. The van der Waals surface area contributed by atoms with E-state index in [2.05, 4.69) is 6.07 Å². The summed E-state index contributed by atoms with van der Waals surface area (Å²) in [5.41, 5.74) is 0. The Kier molecular flexibility index (Phi) is 4.91. The van der Waals surface area contributed by atoms with Crippen LogP contribution in [0.15, 0.2) is 0 Å². The molecule has 4 atom stereocenters. The molecule has 1 saturated heterocycles. The molecular formula is C12H19NO3. The summed E-state index contributed by atoms with van der Waals surface area (Å²) in [4.78, 5) is 11.2. The van der Waals surface area contributed by atoms with Crippen molar-refractivity contribution < 1.29 is 14.3 Å². The number of nitriles is 1. The van der Waals surface area contributed by atoms with Crippen LogP contribution in [0.1, 0.15) is 33.1 Å². The first kappa shape index (κ1) is 13.1. The summed E-state index contributed by atoms with van der Waals surface area (Å²) >= 11 is 0. The summed E-state index contributed by atoms with van der Waals surface area (Å²) in [5.74, 6) is 0.273. The Morgan fingerprint density at radius 3 is 2.75 bits per heavy atom. The summed E-state index contributed by atoms with van der Waals surface area (Å²) < 4.78 is 11.2. The van der Waals surface area contributed by atoms with E-state index in [4.69, 9.17) is 14.7 Å². The van der Waals surface area contributed by atoms with Gasteiger partial charge < -0.3 is 14.3 Å². The monoisotopic (exact) mass is 225 g/mol. The van der Waals surface area contributed by atoms with Crippen molar-refractivity contribution in [2.24, 2.45) is 5.92 Å². The van der Waals surface area contributed by atoms with Gasteiger partial charge in [0.2, 0.25) is 0 Å². The van der Waals surface area contributed by atoms with Gasteiger partial charge in [-0.2, -0.15) is 5.26 Å². The number of methoxy groups -OCH3 is 1. The smallest absolute Gasteiger partial charge is 0.130 e. The van der Waals surface area contributed by atoms with Gasteiger partial charge in [0.15, 0.2) is 0 Å². The number of ketones is 1. The van der Waals surface area contributed by atoms with Crippen LogP contribution in [0.4, 0.5) is 0 Å². The number of carbonyl (C=O) groups is 1. The molecular weight excluding hydrogens is 206 g/mol. The highest BCUT2D eigenvalue weighted by Crippen LogP contribution is 2.33. The standard InChI is InChI=1S/C12H19NO3/c1-8(14)7-10-9(2)16-11(5-4-6-13)12(10)15-3/h9-12H,4-5,7H2,1-3H3/t9-,10-,11+,12+/m0/s1. The molecule has 0 aromatic heterocycles. The van der Waals surface area contributed by atoms with Crippen LogP contribution in [-0.4, -0.2) is 31.2 Å². The molecule has 16 heavy (non-hydrogen) atoms. The maximum atomic E-state index is 11.2. The van der Waals surface area contributed by atoms with Crippen LogP contribution in [-0.2, 0) is 14.3 Å². The van der Waals surface area contributed by atoms with Gasteiger partial charge >= 0.3 is 0 Å². The van der Waals surface area contributed by atoms with E-state index in [0.29, 0.717) is 19.3 Å². The summed E-state index contributed by atoms with van der Waals surface area (Å²) in [5, 5.41) is 8.56. The molecule has 4 heteroatoms. The topological polar surface area (TPSA) is 59.3 Å². The Bertz CT molecular complexity index is 284. The van der Waals surface area contributed by atoms with Crippen LogP contribution in [0.2, 0.25) is 0 Å². The summed E-state index contributed by atoms with van der Waals surface area (Å²) in [7, 11) is 1.64. The van der Waals surface area contributed by atoms with E-state index in [0.717, 1.165) is 0 Å². The lowest BCUT2D eigenvalue weighted by Crippen LogP contribution is -2.30. The molecule has 0 aliphatic carbocycles. The van der Waals surface area contributed by atoms with Gasteiger partial charge in [0.25, 0.3) is 0 Å². The van der Waals surface area contributed by atoms with E-state index in [1.54, 1.807) is 14.0 Å². The van der Waals surface area contributed by atoms with Gasteiger partial charge in [-0.15, -0.1) is 0 Å². The van der Waals surface area contributed by atoms with Gasteiger partial charge in [0.05, 0.1) is 24.4 Å². The van der Waals surface area contributed by atoms with Gasteiger partial charge in [0.1, 0.15) is 5.78 Å². The Labute approximate surface area is 96.5 Å². The maximum Gasteiger partial charge on any atom is 0.130 e. The normalized spacial score (nSPS) is 33.6. The number of hydrogen-bond acceptors (Lipinski definition) is 4. The molecule has 0 unspecified atom stereocenters. The van der Waals surface area contributed by atoms with E-state index < -0.39 is 0 Å². The number of Topliss-reactive ketones (excluding diaryl/α,β-unsaturated/α-hetero) is 1.